The van der Waals surface area contributed by atoms with Crippen LogP contribution in [0.3, 0.4) is 0 Å². The number of aryl methyl sites for hydroxylation is 1. The van der Waals surface area contributed by atoms with Crippen molar-refractivity contribution in [2.45, 2.75) is 30.7 Å². The van der Waals surface area contributed by atoms with Crippen molar-refractivity contribution < 1.29 is 8.42 Å². The highest BCUT2D eigenvalue weighted by atomic mass is 35.5. The van der Waals surface area contributed by atoms with Crippen LogP contribution in [0.5, 0.6) is 0 Å². The summed E-state index contributed by atoms with van der Waals surface area (Å²) in [6, 6.07) is 4.56. The summed E-state index contributed by atoms with van der Waals surface area (Å²) in [4.78, 5) is 0.192. The summed E-state index contributed by atoms with van der Waals surface area (Å²) in [5, 5.41) is 0.452. The first-order valence-corrected chi connectivity index (χ1v) is 7.78. The highest BCUT2D eigenvalue weighted by Gasteiger charge is 2.33. The van der Waals surface area contributed by atoms with Crippen LogP contribution >= 0.6 is 24.0 Å². The highest BCUT2D eigenvalue weighted by Crippen LogP contribution is 2.33. The van der Waals surface area contributed by atoms with Crippen LogP contribution in [0.15, 0.2) is 23.1 Å². The topological polar surface area (TPSA) is 72.2 Å². The summed E-state index contributed by atoms with van der Waals surface area (Å²) in [6.07, 6.45) is 2.08. The third-order valence-corrected chi connectivity index (χ3v) is 5.10. The van der Waals surface area contributed by atoms with Crippen molar-refractivity contribution >= 4 is 34.0 Å². The van der Waals surface area contributed by atoms with Gasteiger partial charge < -0.3 is 5.73 Å². The molecule has 0 heterocycles. The molecule has 0 amide bonds. The van der Waals surface area contributed by atoms with Gasteiger partial charge >= 0.3 is 0 Å². The zero-order chi connectivity index (χ0) is 13.3. The molecule has 19 heavy (non-hydrogen) atoms. The van der Waals surface area contributed by atoms with Gasteiger partial charge in [0.25, 0.3) is 0 Å². The van der Waals surface area contributed by atoms with Gasteiger partial charge in [-0.05, 0) is 43.4 Å². The molecule has 0 bridgehead atoms. The monoisotopic (exact) mass is 324 g/mol. The maximum Gasteiger partial charge on any atom is 0.240 e. The predicted molar refractivity (Wildman–Crippen MR) is 79.3 cm³/mol. The molecule has 0 aliphatic heterocycles. The van der Waals surface area contributed by atoms with Crippen molar-refractivity contribution in [3.63, 3.8) is 0 Å². The first-order chi connectivity index (χ1) is 8.44. The summed E-state index contributed by atoms with van der Waals surface area (Å²) >= 11 is 5.95. The Morgan fingerprint density at radius 2 is 2.11 bits per heavy atom. The van der Waals surface area contributed by atoms with Crippen LogP contribution in [-0.2, 0) is 10.0 Å². The molecule has 1 aromatic carbocycles. The number of sulfonamides is 1. The molecule has 0 saturated heterocycles. The number of nitrogens with one attached hydrogen (secondary N) is 1. The summed E-state index contributed by atoms with van der Waals surface area (Å²) in [7, 11) is -3.53. The lowest BCUT2D eigenvalue weighted by Gasteiger charge is -2.16. The van der Waals surface area contributed by atoms with Gasteiger partial charge in [-0.3, -0.25) is 0 Å². The standard InChI is InChI=1S/C12H17ClN2O2S.ClH/c1-8-2-5-10(6-11(8)13)18(16,17)15-12(7-14)9-3-4-9;/h2,5-6,9,12,15H,3-4,7,14H2,1H3;1H. The minimum Gasteiger partial charge on any atom is -0.329 e. The average Bonchev–Trinajstić information content (AvgIpc) is 3.13. The number of rotatable bonds is 5. The van der Waals surface area contributed by atoms with Crippen molar-refractivity contribution in [2.24, 2.45) is 11.7 Å². The highest BCUT2D eigenvalue weighted by molar-refractivity contribution is 7.89. The first-order valence-electron chi connectivity index (χ1n) is 5.92. The average molecular weight is 325 g/mol. The van der Waals surface area contributed by atoms with Crippen LogP contribution in [0.2, 0.25) is 5.02 Å². The van der Waals surface area contributed by atoms with Gasteiger partial charge in [-0.1, -0.05) is 17.7 Å². The fraction of sp³-hybridized carbons (Fsp3) is 0.500. The lowest BCUT2D eigenvalue weighted by molar-refractivity contribution is 0.519. The Bertz CT molecular complexity index is 545. The molecule has 1 aliphatic rings. The Hall–Kier alpha value is -0.330. The molecule has 1 saturated carbocycles. The number of benzene rings is 1. The molecule has 1 aromatic rings. The normalized spacial score (nSPS) is 16.8. The van der Waals surface area contributed by atoms with E-state index in [1.807, 2.05) is 6.92 Å². The van der Waals surface area contributed by atoms with Crippen LogP contribution < -0.4 is 10.5 Å². The molecule has 7 heteroatoms. The smallest absolute Gasteiger partial charge is 0.240 e. The lowest BCUT2D eigenvalue weighted by atomic mass is 10.2. The quantitative estimate of drug-likeness (QED) is 0.871. The maximum atomic E-state index is 12.2. The fourth-order valence-electron chi connectivity index (χ4n) is 1.84. The Morgan fingerprint density at radius 1 is 1.47 bits per heavy atom. The van der Waals surface area contributed by atoms with E-state index >= 15 is 0 Å². The molecule has 1 aliphatic carbocycles. The zero-order valence-corrected chi connectivity index (χ0v) is 13.0. The Balaban J connectivity index is 0.00000180. The SMILES string of the molecule is Cc1ccc(S(=O)(=O)NC(CN)C2CC2)cc1Cl.Cl. The second-order valence-electron chi connectivity index (χ2n) is 4.71. The van der Waals surface area contributed by atoms with Crippen LogP contribution in [0, 0.1) is 12.8 Å². The molecular formula is C12H18Cl2N2O2S. The van der Waals surface area contributed by atoms with Crippen molar-refractivity contribution in [3.05, 3.63) is 28.8 Å². The maximum absolute atomic E-state index is 12.2. The zero-order valence-electron chi connectivity index (χ0n) is 10.6. The summed E-state index contributed by atoms with van der Waals surface area (Å²) in [5.74, 6) is 0.380. The van der Waals surface area contributed by atoms with E-state index in [2.05, 4.69) is 4.72 Å². The van der Waals surface area contributed by atoms with E-state index in [0.29, 0.717) is 17.5 Å². The Labute approximate surface area is 125 Å². The number of nitrogens with two attached hydrogens (primary N) is 1. The molecule has 1 unspecified atom stereocenters. The van der Waals surface area contributed by atoms with E-state index in [4.69, 9.17) is 17.3 Å². The second kappa shape index (κ2) is 6.41. The Kier molecular flexibility index (Phi) is 5.65. The van der Waals surface area contributed by atoms with Crippen molar-refractivity contribution in [2.75, 3.05) is 6.54 Å². The lowest BCUT2D eigenvalue weighted by Crippen LogP contribution is -2.41. The minimum atomic E-state index is -3.53. The number of hydrogen-bond donors (Lipinski definition) is 2. The number of halogens is 2. The molecule has 1 fully saturated rings. The summed E-state index contributed by atoms with van der Waals surface area (Å²) in [6.45, 7) is 2.16. The van der Waals surface area contributed by atoms with Gasteiger partial charge in [-0.2, -0.15) is 0 Å². The van der Waals surface area contributed by atoms with Crippen LogP contribution in [0.1, 0.15) is 18.4 Å². The largest absolute Gasteiger partial charge is 0.329 e. The molecule has 4 nitrogen and oxygen atoms in total. The molecule has 1 atom stereocenters. The van der Waals surface area contributed by atoms with E-state index in [1.165, 1.54) is 6.07 Å². The van der Waals surface area contributed by atoms with E-state index < -0.39 is 10.0 Å². The molecular weight excluding hydrogens is 307 g/mol. The van der Waals surface area contributed by atoms with Gasteiger partial charge in [-0.15, -0.1) is 12.4 Å². The van der Waals surface area contributed by atoms with Gasteiger partial charge in [0.15, 0.2) is 0 Å². The number of hydrogen-bond acceptors (Lipinski definition) is 3. The van der Waals surface area contributed by atoms with Crippen LogP contribution in [0.25, 0.3) is 0 Å². The molecule has 2 rings (SSSR count). The van der Waals surface area contributed by atoms with E-state index in [0.717, 1.165) is 18.4 Å². The minimum absolute atomic E-state index is 0. The van der Waals surface area contributed by atoms with Crippen LogP contribution in [0.4, 0.5) is 0 Å². The van der Waals surface area contributed by atoms with Crippen molar-refractivity contribution in [1.29, 1.82) is 0 Å². The molecule has 0 spiro atoms. The van der Waals surface area contributed by atoms with Gasteiger partial charge in [-0.25, -0.2) is 13.1 Å². The van der Waals surface area contributed by atoms with Gasteiger partial charge in [0.1, 0.15) is 0 Å². The fourth-order valence-corrected chi connectivity index (χ4v) is 3.43. The van der Waals surface area contributed by atoms with E-state index in [1.54, 1.807) is 12.1 Å². The molecule has 3 N–H and O–H groups in total. The van der Waals surface area contributed by atoms with Gasteiger partial charge in [0, 0.05) is 17.6 Å². The first kappa shape index (κ1) is 16.7. The Morgan fingerprint density at radius 3 is 2.58 bits per heavy atom. The molecule has 108 valence electrons. The predicted octanol–water partition coefficient (Wildman–Crippen LogP) is 2.09. The summed E-state index contributed by atoms with van der Waals surface area (Å²) in [5.41, 5.74) is 6.45. The van der Waals surface area contributed by atoms with E-state index in [9.17, 15) is 8.42 Å². The third kappa shape index (κ3) is 4.07. The van der Waals surface area contributed by atoms with Gasteiger partial charge in [0.2, 0.25) is 10.0 Å². The van der Waals surface area contributed by atoms with E-state index in [-0.39, 0.29) is 23.3 Å². The third-order valence-electron chi connectivity index (χ3n) is 3.21. The second-order valence-corrected chi connectivity index (χ2v) is 6.83. The molecule has 0 radical (unpaired) electrons. The molecule has 0 aromatic heterocycles. The van der Waals surface area contributed by atoms with Gasteiger partial charge in [0.05, 0.1) is 4.90 Å². The summed E-state index contributed by atoms with van der Waals surface area (Å²) < 4.78 is 27.0. The van der Waals surface area contributed by atoms with Crippen molar-refractivity contribution in [1.82, 2.24) is 4.72 Å². The van der Waals surface area contributed by atoms with Crippen LogP contribution in [-0.4, -0.2) is 21.0 Å². The van der Waals surface area contributed by atoms with Crippen molar-refractivity contribution in [3.8, 4) is 0 Å².